The fourth-order valence-corrected chi connectivity index (χ4v) is 2.53. The van der Waals surface area contributed by atoms with Gasteiger partial charge in [0.05, 0.1) is 10.4 Å². The molecule has 0 spiro atoms. The molecule has 3 aromatic rings. The van der Waals surface area contributed by atoms with Crippen LogP contribution in [0.25, 0.3) is 10.9 Å². The molecule has 0 aliphatic carbocycles. The van der Waals surface area contributed by atoms with E-state index in [0.717, 1.165) is 17.4 Å². The van der Waals surface area contributed by atoms with Gasteiger partial charge < -0.3 is 9.88 Å². The van der Waals surface area contributed by atoms with Gasteiger partial charge in [-0.05, 0) is 37.4 Å². The van der Waals surface area contributed by atoms with Gasteiger partial charge in [-0.3, -0.25) is 20.0 Å². The fourth-order valence-electron chi connectivity index (χ4n) is 2.53. The maximum atomic E-state index is 12.3. The minimum Gasteiger partial charge on any atom is -0.348 e. The van der Waals surface area contributed by atoms with Crippen LogP contribution in [0.5, 0.6) is 0 Å². The summed E-state index contributed by atoms with van der Waals surface area (Å²) in [5, 5.41) is 21.0. The highest BCUT2D eigenvalue weighted by molar-refractivity contribution is 6.06. The minimum atomic E-state index is -0.616. The van der Waals surface area contributed by atoms with Gasteiger partial charge in [0.25, 0.3) is 5.91 Å². The lowest BCUT2D eigenvalue weighted by atomic mass is 10.2. The lowest BCUT2D eigenvalue weighted by Gasteiger charge is -2.06. The van der Waals surface area contributed by atoms with E-state index in [1.807, 2.05) is 35.9 Å². The average Bonchev–Trinajstić information content (AvgIpc) is 3.10. The second kappa shape index (κ2) is 5.56. The molecular formula is C15H15N5O3. The molecular weight excluding hydrogens is 298 g/mol. The number of aromatic nitrogens is 3. The van der Waals surface area contributed by atoms with Crippen LogP contribution in [0.3, 0.4) is 0 Å². The van der Waals surface area contributed by atoms with E-state index in [2.05, 4.69) is 15.5 Å². The maximum Gasteiger partial charge on any atom is 0.322 e. The summed E-state index contributed by atoms with van der Waals surface area (Å²) in [7, 11) is 0. The summed E-state index contributed by atoms with van der Waals surface area (Å²) in [6, 6.07) is 7.47. The molecule has 0 bridgehead atoms. The highest BCUT2D eigenvalue weighted by Gasteiger charge is 2.27. The molecule has 118 valence electrons. The number of nitrogens with zero attached hydrogens (tertiary/aromatic N) is 3. The van der Waals surface area contributed by atoms with Crippen LogP contribution in [-0.4, -0.2) is 25.6 Å². The van der Waals surface area contributed by atoms with Crippen LogP contribution in [0.15, 0.2) is 30.5 Å². The normalized spacial score (nSPS) is 10.9. The number of carbonyl (C=O) groups excluding carboxylic acids is 1. The van der Waals surface area contributed by atoms with Gasteiger partial charge in [0.15, 0.2) is 0 Å². The SMILES string of the molecule is CCn1ccc2ccc(NC(=O)c3n[nH]c(C)c3[N+](=O)[O-])cc21. The number of nitrogens with one attached hydrogen (secondary N) is 2. The summed E-state index contributed by atoms with van der Waals surface area (Å²) in [5.74, 6) is -0.616. The molecule has 0 fully saturated rings. The van der Waals surface area contributed by atoms with Crippen molar-refractivity contribution in [1.29, 1.82) is 0 Å². The maximum absolute atomic E-state index is 12.3. The van der Waals surface area contributed by atoms with Crippen LogP contribution < -0.4 is 5.32 Å². The number of fused-ring (bicyclic) bond motifs is 1. The van der Waals surface area contributed by atoms with Crippen molar-refractivity contribution < 1.29 is 9.72 Å². The van der Waals surface area contributed by atoms with Crippen molar-refractivity contribution in [3.8, 4) is 0 Å². The summed E-state index contributed by atoms with van der Waals surface area (Å²) in [4.78, 5) is 22.7. The Kier molecular flexibility index (Phi) is 3.57. The van der Waals surface area contributed by atoms with Gasteiger partial charge in [0.1, 0.15) is 5.69 Å². The van der Waals surface area contributed by atoms with Gasteiger partial charge in [-0.25, -0.2) is 0 Å². The lowest BCUT2D eigenvalue weighted by Crippen LogP contribution is -2.14. The number of aryl methyl sites for hydroxylation is 2. The van der Waals surface area contributed by atoms with Crippen LogP contribution in [-0.2, 0) is 6.54 Å². The zero-order valence-electron chi connectivity index (χ0n) is 12.7. The third-order valence-corrected chi connectivity index (χ3v) is 3.69. The smallest absolute Gasteiger partial charge is 0.322 e. The summed E-state index contributed by atoms with van der Waals surface area (Å²) < 4.78 is 2.05. The molecule has 2 aromatic heterocycles. The van der Waals surface area contributed by atoms with Crippen molar-refractivity contribution in [2.45, 2.75) is 20.4 Å². The number of hydrogen-bond acceptors (Lipinski definition) is 4. The Bertz CT molecular complexity index is 909. The first-order chi connectivity index (χ1) is 11.0. The quantitative estimate of drug-likeness (QED) is 0.570. The van der Waals surface area contributed by atoms with Crippen molar-refractivity contribution in [3.63, 3.8) is 0 Å². The van der Waals surface area contributed by atoms with Crippen LogP contribution in [0.4, 0.5) is 11.4 Å². The van der Waals surface area contributed by atoms with Crippen molar-refractivity contribution in [3.05, 3.63) is 52.0 Å². The Labute approximate surface area is 131 Å². The van der Waals surface area contributed by atoms with Gasteiger partial charge in [-0.15, -0.1) is 0 Å². The van der Waals surface area contributed by atoms with Gasteiger partial charge in [-0.2, -0.15) is 5.10 Å². The summed E-state index contributed by atoms with van der Waals surface area (Å²) in [6.45, 7) is 4.34. The number of carbonyl (C=O) groups is 1. The molecule has 1 amide bonds. The lowest BCUT2D eigenvalue weighted by molar-refractivity contribution is -0.385. The first-order valence-electron chi connectivity index (χ1n) is 7.11. The number of H-pyrrole nitrogens is 1. The topological polar surface area (TPSA) is 106 Å². The van der Waals surface area contributed by atoms with Gasteiger partial charge in [0, 0.05) is 18.4 Å². The molecule has 0 atom stereocenters. The first-order valence-corrected chi connectivity index (χ1v) is 7.11. The number of aromatic amines is 1. The molecule has 0 aliphatic rings. The van der Waals surface area contributed by atoms with E-state index in [-0.39, 0.29) is 17.1 Å². The van der Waals surface area contributed by atoms with E-state index in [0.29, 0.717) is 5.69 Å². The van der Waals surface area contributed by atoms with Crippen molar-refractivity contribution in [2.75, 3.05) is 5.32 Å². The third kappa shape index (κ3) is 2.54. The van der Waals surface area contributed by atoms with E-state index in [4.69, 9.17) is 0 Å². The Balaban J connectivity index is 1.93. The van der Waals surface area contributed by atoms with Crippen molar-refractivity contribution >= 4 is 28.2 Å². The molecule has 2 N–H and O–H groups in total. The standard InChI is InChI=1S/C15H15N5O3/c1-3-19-7-6-10-4-5-11(8-12(10)19)16-15(21)13-14(20(22)23)9(2)17-18-13/h4-8H,3H2,1-2H3,(H,16,21)(H,17,18). The molecule has 0 saturated carbocycles. The van der Waals surface area contributed by atoms with Crippen LogP contribution in [0.1, 0.15) is 23.1 Å². The molecule has 3 rings (SSSR count). The molecule has 23 heavy (non-hydrogen) atoms. The molecule has 8 nitrogen and oxygen atoms in total. The van der Waals surface area contributed by atoms with Crippen LogP contribution >= 0.6 is 0 Å². The van der Waals surface area contributed by atoms with Crippen molar-refractivity contribution in [2.24, 2.45) is 0 Å². The number of anilines is 1. The van der Waals surface area contributed by atoms with E-state index in [9.17, 15) is 14.9 Å². The number of amides is 1. The van der Waals surface area contributed by atoms with Gasteiger partial charge in [0.2, 0.25) is 5.69 Å². The highest BCUT2D eigenvalue weighted by Crippen LogP contribution is 2.24. The summed E-state index contributed by atoms with van der Waals surface area (Å²) in [6.07, 6.45) is 1.97. The molecule has 8 heteroatoms. The Hall–Kier alpha value is -3.16. The zero-order valence-corrected chi connectivity index (χ0v) is 12.7. The second-order valence-electron chi connectivity index (χ2n) is 5.13. The van der Waals surface area contributed by atoms with Crippen LogP contribution in [0.2, 0.25) is 0 Å². The summed E-state index contributed by atoms with van der Waals surface area (Å²) >= 11 is 0. The molecule has 0 unspecified atom stereocenters. The minimum absolute atomic E-state index is 0.224. The number of rotatable bonds is 4. The van der Waals surface area contributed by atoms with E-state index >= 15 is 0 Å². The molecule has 0 saturated heterocycles. The zero-order chi connectivity index (χ0) is 16.6. The largest absolute Gasteiger partial charge is 0.348 e. The van der Waals surface area contributed by atoms with Gasteiger partial charge >= 0.3 is 5.69 Å². The highest BCUT2D eigenvalue weighted by atomic mass is 16.6. The second-order valence-corrected chi connectivity index (χ2v) is 5.13. The first kappa shape index (κ1) is 14.8. The molecule has 1 aromatic carbocycles. The van der Waals surface area contributed by atoms with Gasteiger partial charge in [-0.1, -0.05) is 6.07 Å². The van der Waals surface area contributed by atoms with E-state index in [1.54, 1.807) is 6.07 Å². The number of benzene rings is 1. The monoisotopic (exact) mass is 313 g/mol. The predicted molar refractivity (Wildman–Crippen MR) is 85.5 cm³/mol. The van der Waals surface area contributed by atoms with Crippen molar-refractivity contribution in [1.82, 2.24) is 14.8 Å². The molecule has 0 aliphatic heterocycles. The fraction of sp³-hybridized carbons (Fsp3) is 0.200. The third-order valence-electron chi connectivity index (χ3n) is 3.69. The Morgan fingerprint density at radius 3 is 2.91 bits per heavy atom. The average molecular weight is 313 g/mol. The number of hydrogen-bond donors (Lipinski definition) is 2. The number of nitro groups is 1. The van der Waals surface area contributed by atoms with Crippen LogP contribution in [0, 0.1) is 17.0 Å². The predicted octanol–water partition coefficient (Wildman–Crippen LogP) is 2.85. The van der Waals surface area contributed by atoms with E-state index in [1.165, 1.54) is 6.92 Å². The summed E-state index contributed by atoms with van der Waals surface area (Å²) in [5.41, 5.74) is 1.26. The Morgan fingerprint density at radius 1 is 1.43 bits per heavy atom. The molecule has 2 heterocycles. The molecule has 0 radical (unpaired) electrons. The van der Waals surface area contributed by atoms with E-state index < -0.39 is 10.8 Å². The Morgan fingerprint density at radius 2 is 2.22 bits per heavy atom.